The highest BCUT2D eigenvalue weighted by atomic mass is 19.1. The molecule has 0 saturated heterocycles. The van der Waals surface area contributed by atoms with Gasteiger partial charge in [-0.05, 0) is 37.7 Å². The molecule has 2 N–H and O–H groups in total. The number of aromatic nitrogens is 2. The summed E-state index contributed by atoms with van der Waals surface area (Å²) in [4.78, 5) is 4.49. The van der Waals surface area contributed by atoms with E-state index in [2.05, 4.69) is 4.98 Å². The van der Waals surface area contributed by atoms with E-state index in [0.29, 0.717) is 6.54 Å². The molecule has 1 aromatic carbocycles. The van der Waals surface area contributed by atoms with Gasteiger partial charge in [0.2, 0.25) is 0 Å². The van der Waals surface area contributed by atoms with Crippen molar-refractivity contribution in [1.82, 2.24) is 9.55 Å². The third kappa shape index (κ3) is 2.22. The molecule has 0 bridgehead atoms. The highest BCUT2D eigenvalue weighted by Crippen LogP contribution is 2.24. The topological polar surface area (TPSA) is 43.8 Å². The minimum atomic E-state index is -0.226. The van der Waals surface area contributed by atoms with Crippen molar-refractivity contribution < 1.29 is 4.39 Å². The predicted octanol–water partition coefficient (Wildman–Crippen LogP) is 2.04. The summed E-state index contributed by atoms with van der Waals surface area (Å²) in [5.41, 5.74) is 8.49. The Bertz CT molecular complexity index is 514. The lowest BCUT2D eigenvalue weighted by atomic mass is 10.1. The Hall–Kier alpha value is -1.68. The quantitative estimate of drug-likeness (QED) is 0.881. The summed E-state index contributed by atoms with van der Waals surface area (Å²) in [6, 6.07) is 6.46. The number of benzene rings is 1. The van der Waals surface area contributed by atoms with Crippen LogP contribution in [0.5, 0.6) is 0 Å². The molecule has 0 fully saturated rings. The van der Waals surface area contributed by atoms with Gasteiger partial charge in [-0.3, -0.25) is 0 Å². The van der Waals surface area contributed by atoms with Crippen molar-refractivity contribution in [3.63, 3.8) is 0 Å². The number of hydrogen-bond donors (Lipinski definition) is 1. The second kappa shape index (κ2) is 4.67. The Kier molecular flexibility index (Phi) is 3.24. The molecule has 0 aliphatic carbocycles. The summed E-state index contributed by atoms with van der Waals surface area (Å²) in [5.74, 6) is 0.736. The molecule has 17 heavy (non-hydrogen) atoms. The number of aryl methyl sites for hydroxylation is 1. The van der Waals surface area contributed by atoms with Crippen LogP contribution < -0.4 is 5.73 Å². The van der Waals surface area contributed by atoms with E-state index in [1.54, 1.807) is 12.1 Å². The first kappa shape index (κ1) is 11.8. The summed E-state index contributed by atoms with van der Waals surface area (Å²) < 4.78 is 14.9. The van der Waals surface area contributed by atoms with Gasteiger partial charge in [-0.25, -0.2) is 9.37 Å². The van der Waals surface area contributed by atoms with Crippen molar-refractivity contribution >= 4 is 0 Å². The number of nitrogens with two attached hydrogens (primary N) is 1. The van der Waals surface area contributed by atoms with E-state index in [0.717, 1.165) is 29.2 Å². The van der Waals surface area contributed by atoms with Crippen LogP contribution in [0.1, 0.15) is 11.5 Å². The summed E-state index contributed by atoms with van der Waals surface area (Å²) >= 11 is 0. The Morgan fingerprint density at radius 2 is 1.94 bits per heavy atom. The van der Waals surface area contributed by atoms with Gasteiger partial charge in [-0.2, -0.15) is 0 Å². The van der Waals surface area contributed by atoms with E-state index in [-0.39, 0.29) is 5.82 Å². The molecule has 2 rings (SSSR count). The van der Waals surface area contributed by atoms with Crippen LogP contribution in [-0.4, -0.2) is 16.1 Å². The molecule has 1 aromatic heterocycles. The largest absolute Gasteiger partial charge is 0.331 e. The van der Waals surface area contributed by atoms with Crippen LogP contribution in [0.2, 0.25) is 0 Å². The lowest BCUT2D eigenvalue weighted by molar-refractivity contribution is 0.628. The van der Waals surface area contributed by atoms with Crippen LogP contribution in [0.15, 0.2) is 24.3 Å². The molecule has 0 spiro atoms. The normalized spacial score (nSPS) is 10.8. The van der Waals surface area contributed by atoms with Crippen molar-refractivity contribution in [2.45, 2.75) is 13.3 Å². The first-order chi connectivity index (χ1) is 8.13. The molecular formula is C13H16FN3. The second-order valence-electron chi connectivity index (χ2n) is 4.07. The van der Waals surface area contributed by atoms with E-state index in [1.807, 2.05) is 18.5 Å². The highest BCUT2D eigenvalue weighted by molar-refractivity contribution is 5.62. The SMILES string of the molecule is Cc1nc(CCN)n(C)c1-c1ccc(F)cc1. The van der Waals surface area contributed by atoms with Crippen molar-refractivity contribution in [3.05, 3.63) is 41.6 Å². The summed E-state index contributed by atoms with van der Waals surface area (Å²) in [7, 11) is 1.96. The highest BCUT2D eigenvalue weighted by Gasteiger charge is 2.12. The molecule has 90 valence electrons. The molecular weight excluding hydrogens is 217 g/mol. The first-order valence-electron chi connectivity index (χ1n) is 5.61. The van der Waals surface area contributed by atoms with Gasteiger partial charge in [0, 0.05) is 19.0 Å². The Balaban J connectivity index is 2.48. The smallest absolute Gasteiger partial charge is 0.123 e. The Morgan fingerprint density at radius 1 is 1.29 bits per heavy atom. The molecule has 0 aliphatic rings. The molecule has 0 aliphatic heterocycles. The van der Waals surface area contributed by atoms with Crippen LogP contribution in [0, 0.1) is 12.7 Å². The van der Waals surface area contributed by atoms with E-state index < -0.39 is 0 Å². The van der Waals surface area contributed by atoms with Crippen molar-refractivity contribution in [3.8, 4) is 11.3 Å². The maximum absolute atomic E-state index is 12.9. The molecule has 0 atom stereocenters. The lowest BCUT2D eigenvalue weighted by Crippen LogP contribution is -2.08. The zero-order valence-electron chi connectivity index (χ0n) is 10.1. The van der Waals surface area contributed by atoms with Crippen LogP contribution in [-0.2, 0) is 13.5 Å². The lowest BCUT2D eigenvalue weighted by Gasteiger charge is -2.06. The number of imidazole rings is 1. The van der Waals surface area contributed by atoms with Gasteiger partial charge in [0.15, 0.2) is 0 Å². The molecule has 0 amide bonds. The zero-order chi connectivity index (χ0) is 12.4. The van der Waals surface area contributed by atoms with Crippen LogP contribution in [0.25, 0.3) is 11.3 Å². The van der Waals surface area contributed by atoms with Crippen LogP contribution >= 0.6 is 0 Å². The number of hydrogen-bond acceptors (Lipinski definition) is 2. The van der Waals surface area contributed by atoms with Gasteiger partial charge >= 0.3 is 0 Å². The van der Waals surface area contributed by atoms with Gasteiger partial charge in [0.1, 0.15) is 11.6 Å². The molecule has 3 nitrogen and oxygen atoms in total. The third-order valence-electron chi connectivity index (χ3n) is 2.85. The average molecular weight is 233 g/mol. The molecule has 2 aromatic rings. The van der Waals surface area contributed by atoms with Gasteiger partial charge in [0.25, 0.3) is 0 Å². The van der Waals surface area contributed by atoms with Crippen molar-refractivity contribution in [1.29, 1.82) is 0 Å². The number of rotatable bonds is 3. The van der Waals surface area contributed by atoms with E-state index in [4.69, 9.17) is 5.73 Å². The molecule has 0 saturated carbocycles. The fourth-order valence-electron chi connectivity index (χ4n) is 2.06. The van der Waals surface area contributed by atoms with E-state index in [1.165, 1.54) is 12.1 Å². The van der Waals surface area contributed by atoms with Crippen molar-refractivity contribution in [2.75, 3.05) is 6.54 Å². The van der Waals surface area contributed by atoms with E-state index >= 15 is 0 Å². The minimum Gasteiger partial charge on any atom is -0.331 e. The minimum absolute atomic E-state index is 0.226. The zero-order valence-corrected chi connectivity index (χ0v) is 10.1. The maximum Gasteiger partial charge on any atom is 0.123 e. The van der Waals surface area contributed by atoms with Gasteiger partial charge in [-0.15, -0.1) is 0 Å². The Morgan fingerprint density at radius 3 is 2.53 bits per heavy atom. The van der Waals surface area contributed by atoms with Gasteiger partial charge in [0.05, 0.1) is 11.4 Å². The third-order valence-corrected chi connectivity index (χ3v) is 2.85. The summed E-state index contributed by atoms with van der Waals surface area (Å²) in [6.07, 6.45) is 0.749. The predicted molar refractivity (Wildman–Crippen MR) is 66.1 cm³/mol. The molecule has 1 heterocycles. The van der Waals surface area contributed by atoms with Gasteiger partial charge < -0.3 is 10.3 Å². The first-order valence-corrected chi connectivity index (χ1v) is 5.61. The molecule has 0 radical (unpaired) electrons. The monoisotopic (exact) mass is 233 g/mol. The number of halogens is 1. The molecule has 4 heteroatoms. The maximum atomic E-state index is 12.9. The summed E-state index contributed by atoms with van der Waals surface area (Å²) in [6.45, 7) is 2.53. The average Bonchev–Trinajstić information content (AvgIpc) is 2.57. The van der Waals surface area contributed by atoms with Gasteiger partial charge in [-0.1, -0.05) is 0 Å². The van der Waals surface area contributed by atoms with E-state index in [9.17, 15) is 4.39 Å². The molecule has 0 unspecified atom stereocenters. The standard InChI is InChI=1S/C13H16FN3/c1-9-13(10-3-5-11(14)6-4-10)17(2)12(16-9)7-8-15/h3-6H,7-8,15H2,1-2H3. The fourth-order valence-corrected chi connectivity index (χ4v) is 2.06. The van der Waals surface area contributed by atoms with Crippen LogP contribution in [0.3, 0.4) is 0 Å². The van der Waals surface area contributed by atoms with Crippen LogP contribution in [0.4, 0.5) is 4.39 Å². The second-order valence-corrected chi connectivity index (χ2v) is 4.07. The summed E-state index contributed by atoms with van der Waals surface area (Å²) in [5, 5.41) is 0. The number of nitrogens with zero attached hydrogens (tertiary/aromatic N) is 2. The Labute approximate surface area is 100 Å². The fraction of sp³-hybridized carbons (Fsp3) is 0.308. The van der Waals surface area contributed by atoms with Crippen molar-refractivity contribution in [2.24, 2.45) is 12.8 Å².